The maximum Gasteiger partial charge on any atom is 0.165 e. The van der Waals surface area contributed by atoms with Gasteiger partial charge in [-0.2, -0.15) is 0 Å². The first kappa shape index (κ1) is 18.7. The molecule has 2 aromatic carbocycles. The molecule has 0 unspecified atom stereocenters. The minimum atomic E-state index is -0.126. The molecular weight excluding hydrogens is 334 g/mol. The van der Waals surface area contributed by atoms with Gasteiger partial charge < -0.3 is 14.0 Å². The molecule has 0 N–H and O–H groups in total. The predicted octanol–water partition coefficient (Wildman–Crippen LogP) is 4.73. The highest BCUT2D eigenvalue weighted by Gasteiger charge is 2.39. The van der Waals surface area contributed by atoms with Crippen LogP contribution in [0.1, 0.15) is 43.2 Å². The Labute approximate surface area is 163 Å². The summed E-state index contributed by atoms with van der Waals surface area (Å²) >= 11 is 0. The number of benzene rings is 2. The number of nitrogens with zero attached hydrogens (tertiary/aromatic N) is 1. The minimum absolute atomic E-state index is 0.126. The third-order valence-electron chi connectivity index (χ3n) is 6.22. The van der Waals surface area contributed by atoms with E-state index in [1.54, 1.807) is 0 Å². The molecule has 0 saturated carbocycles. The highest BCUT2D eigenvalue weighted by atomic mass is 16.7. The fraction of sp³-hybridized carbons (Fsp3) is 0.500. The van der Waals surface area contributed by atoms with Gasteiger partial charge in [-0.3, -0.25) is 0 Å². The predicted molar refractivity (Wildman–Crippen MR) is 108 cm³/mol. The Bertz CT molecular complexity index is 697. The first-order valence-corrected chi connectivity index (χ1v) is 10.5. The van der Waals surface area contributed by atoms with Crippen molar-refractivity contribution in [2.45, 2.75) is 51.0 Å². The van der Waals surface area contributed by atoms with Crippen LogP contribution in [-0.2, 0) is 16.0 Å². The Morgan fingerprint density at radius 3 is 2.30 bits per heavy atom. The van der Waals surface area contributed by atoms with Crippen LogP contribution in [0.3, 0.4) is 0 Å². The van der Waals surface area contributed by atoms with Crippen LogP contribution in [0, 0.1) is 0 Å². The van der Waals surface area contributed by atoms with Crippen LogP contribution in [0.5, 0.6) is 0 Å². The molecule has 3 nitrogen and oxygen atoms in total. The molecule has 2 aromatic rings. The Balaban J connectivity index is 1.41. The molecule has 2 aliphatic heterocycles. The van der Waals surface area contributed by atoms with E-state index in [9.17, 15) is 0 Å². The van der Waals surface area contributed by atoms with Crippen LogP contribution in [0.15, 0.2) is 60.7 Å². The van der Waals surface area contributed by atoms with Crippen molar-refractivity contribution in [2.75, 3.05) is 26.2 Å². The topological polar surface area (TPSA) is 18.5 Å². The van der Waals surface area contributed by atoms with Crippen molar-refractivity contribution < 1.29 is 14.0 Å². The van der Waals surface area contributed by atoms with Gasteiger partial charge in [-0.1, -0.05) is 67.6 Å². The minimum Gasteiger partial charge on any atom is -0.349 e. The third-order valence-corrected chi connectivity index (χ3v) is 6.22. The Kier molecular flexibility index (Phi) is 5.92. The Morgan fingerprint density at radius 2 is 1.59 bits per heavy atom. The molecule has 0 radical (unpaired) electrons. The second-order valence-corrected chi connectivity index (χ2v) is 8.33. The number of likely N-dealkylation sites (tertiary alicyclic amines) is 1. The lowest BCUT2D eigenvalue weighted by molar-refractivity contribution is -0.947. The molecule has 3 atom stereocenters. The van der Waals surface area contributed by atoms with Crippen molar-refractivity contribution in [2.24, 2.45) is 0 Å². The lowest BCUT2D eigenvalue weighted by Gasteiger charge is -2.43. The van der Waals surface area contributed by atoms with E-state index in [4.69, 9.17) is 9.47 Å². The van der Waals surface area contributed by atoms with Crippen molar-refractivity contribution in [3.05, 3.63) is 71.8 Å². The number of piperidine rings is 1. The summed E-state index contributed by atoms with van der Waals surface area (Å²) in [6.07, 6.45) is 4.08. The molecule has 0 bridgehead atoms. The van der Waals surface area contributed by atoms with Crippen LogP contribution < -0.4 is 0 Å². The SMILES string of the molecule is C[C@@H](c1ccccc1)[C@H]1OC[C@H](C[N+]2(Cc3ccccc3)CCCCC2)O1. The van der Waals surface area contributed by atoms with Gasteiger partial charge in [-0.25, -0.2) is 0 Å². The fourth-order valence-corrected chi connectivity index (χ4v) is 4.73. The van der Waals surface area contributed by atoms with Gasteiger partial charge in [0, 0.05) is 11.5 Å². The normalized spacial score (nSPS) is 26.0. The maximum atomic E-state index is 6.41. The van der Waals surface area contributed by atoms with Crippen molar-refractivity contribution in [3.8, 4) is 0 Å². The average molecular weight is 367 g/mol. The highest BCUT2D eigenvalue weighted by molar-refractivity contribution is 5.19. The molecule has 0 aliphatic carbocycles. The number of quaternary nitrogens is 1. The first-order chi connectivity index (χ1) is 13.2. The number of hydrogen-bond donors (Lipinski definition) is 0. The summed E-state index contributed by atoms with van der Waals surface area (Å²) in [4.78, 5) is 0. The van der Waals surface area contributed by atoms with E-state index in [0.717, 1.165) is 24.2 Å². The van der Waals surface area contributed by atoms with E-state index in [0.29, 0.717) is 0 Å². The summed E-state index contributed by atoms with van der Waals surface area (Å²) in [5, 5.41) is 0. The third kappa shape index (κ3) is 4.60. The lowest BCUT2D eigenvalue weighted by Crippen LogP contribution is -2.54. The second kappa shape index (κ2) is 8.55. The van der Waals surface area contributed by atoms with Gasteiger partial charge in [0.2, 0.25) is 0 Å². The van der Waals surface area contributed by atoms with Crippen molar-refractivity contribution in [3.63, 3.8) is 0 Å². The largest absolute Gasteiger partial charge is 0.349 e. The zero-order valence-corrected chi connectivity index (χ0v) is 16.4. The van der Waals surface area contributed by atoms with Gasteiger partial charge >= 0.3 is 0 Å². The molecule has 0 aromatic heterocycles. The summed E-state index contributed by atoms with van der Waals surface area (Å²) in [5.74, 6) is 0.264. The maximum absolute atomic E-state index is 6.41. The standard InChI is InChI=1S/C24H32NO2/c1-20(22-13-7-3-8-14-22)24-26-19-23(27-24)18-25(15-9-4-10-16-25)17-21-11-5-2-6-12-21/h2-3,5-8,11-14,20,23-24H,4,9-10,15-19H2,1H3/q+1/t20-,23-,24-/m0/s1. The highest BCUT2D eigenvalue weighted by Crippen LogP contribution is 2.30. The van der Waals surface area contributed by atoms with Crippen LogP contribution in [0.25, 0.3) is 0 Å². The molecule has 2 fully saturated rings. The second-order valence-electron chi connectivity index (χ2n) is 8.33. The Hall–Kier alpha value is -1.68. The molecular formula is C24H32NO2+. The van der Waals surface area contributed by atoms with Crippen molar-refractivity contribution in [1.82, 2.24) is 0 Å². The van der Waals surface area contributed by atoms with Crippen LogP contribution in [0.2, 0.25) is 0 Å². The van der Waals surface area contributed by atoms with E-state index in [1.165, 1.54) is 43.5 Å². The zero-order chi connectivity index (χ0) is 18.5. The van der Waals surface area contributed by atoms with E-state index in [1.807, 2.05) is 0 Å². The van der Waals surface area contributed by atoms with Crippen LogP contribution in [-0.4, -0.2) is 43.1 Å². The Morgan fingerprint density at radius 1 is 0.926 bits per heavy atom. The first-order valence-electron chi connectivity index (χ1n) is 10.5. The number of ether oxygens (including phenoxy) is 2. The smallest absolute Gasteiger partial charge is 0.165 e. The molecule has 4 rings (SSSR count). The molecule has 2 saturated heterocycles. The summed E-state index contributed by atoms with van der Waals surface area (Å²) in [5.41, 5.74) is 2.72. The zero-order valence-electron chi connectivity index (χ0n) is 16.4. The molecule has 27 heavy (non-hydrogen) atoms. The molecule has 144 valence electrons. The quantitative estimate of drug-likeness (QED) is 0.688. The van der Waals surface area contributed by atoms with Gasteiger partial charge in [-0.15, -0.1) is 0 Å². The molecule has 2 heterocycles. The van der Waals surface area contributed by atoms with Gasteiger partial charge in [0.05, 0.1) is 19.7 Å². The molecule has 3 heteroatoms. The van der Waals surface area contributed by atoms with Crippen molar-refractivity contribution in [1.29, 1.82) is 0 Å². The fourth-order valence-electron chi connectivity index (χ4n) is 4.73. The monoisotopic (exact) mass is 366 g/mol. The van der Waals surface area contributed by atoms with E-state index < -0.39 is 0 Å². The van der Waals surface area contributed by atoms with E-state index in [2.05, 4.69) is 67.6 Å². The van der Waals surface area contributed by atoms with Gasteiger partial charge in [-0.05, 0) is 24.8 Å². The summed E-state index contributed by atoms with van der Waals surface area (Å²) in [6, 6.07) is 21.5. The number of hydrogen-bond acceptors (Lipinski definition) is 2. The van der Waals surface area contributed by atoms with Gasteiger partial charge in [0.1, 0.15) is 19.2 Å². The number of rotatable bonds is 6. The van der Waals surface area contributed by atoms with Crippen molar-refractivity contribution >= 4 is 0 Å². The van der Waals surface area contributed by atoms with E-state index in [-0.39, 0.29) is 18.3 Å². The van der Waals surface area contributed by atoms with E-state index >= 15 is 0 Å². The summed E-state index contributed by atoms with van der Waals surface area (Å²) in [7, 11) is 0. The van der Waals surface area contributed by atoms with Crippen LogP contribution in [0.4, 0.5) is 0 Å². The molecule has 0 spiro atoms. The lowest BCUT2D eigenvalue weighted by atomic mass is 10.0. The van der Waals surface area contributed by atoms with Gasteiger partial charge in [0.15, 0.2) is 6.29 Å². The summed E-state index contributed by atoms with van der Waals surface area (Å²) in [6.45, 7) is 7.61. The van der Waals surface area contributed by atoms with Gasteiger partial charge in [0.25, 0.3) is 0 Å². The summed E-state index contributed by atoms with van der Waals surface area (Å²) < 4.78 is 13.6. The molecule has 0 amide bonds. The van der Waals surface area contributed by atoms with Crippen LogP contribution >= 0.6 is 0 Å². The molecule has 2 aliphatic rings. The average Bonchev–Trinajstić information content (AvgIpc) is 3.17.